The summed E-state index contributed by atoms with van der Waals surface area (Å²) in [5.74, 6) is -2.50. The lowest BCUT2D eigenvalue weighted by molar-refractivity contribution is 0.0690. The summed E-state index contributed by atoms with van der Waals surface area (Å²) >= 11 is 0. The van der Waals surface area contributed by atoms with Crippen molar-refractivity contribution in [1.82, 2.24) is 9.97 Å². The van der Waals surface area contributed by atoms with Crippen LogP contribution in [0.15, 0.2) is 97.1 Å². The molecule has 0 amide bonds. The fourth-order valence-corrected chi connectivity index (χ4v) is 5.14. The monoisotopic (exact) mass is 668 g/mol. The average Bonchev–Trinajstić information content (AvgIpc) is 3.17. The molecular formula is C40H32N2O8. The molecule has 2 aromatic heterocycles. The predicted molar refractivity (Wildman–Crippen MR) is 194 cm³/mol. The lowest BCUT2D eigenvalue weighted by atomic mass is 10.0. The first-order valence-corrected chi connectivity index (χ1v) is 15.0. The van der Waals surface area contributed by atoms with Crippen molar-refractivity contribution in [2.75, 3.05) is 14.2 Å². The van der Waals surface area contributed by atoms with Crippen LogP contribution in [0.4, 0.5) is 0 Å². The summed E-state index contributed by atoms with van der Waals surface area (Å²) in [6, 6.07) is 29.3. The third-order valence-electron chi connectivity index (χ3n) is 7.51. The van der Waals surface area contributed by atoms with E-state index in [4.69, 9.17) is 10.2 Å². The Morgan fingerprint density at radius 1 is 0.520 bits per heavy atom. The topological polar surface area (TPSA) is 175 Å². The van der Waals surface area contributed by atoms with Crippen molar-refractivity contribution in [3.8, 4) is 11.1 Å². The highest BCUT2D eigenvalue weighted by Crippen LogP contribution is 2.25. The number of hydrogen-bond acceptors (Lipinski definition) is 8. The summed E-state index contributed by atoms with van der Waals surface area (Å²) in [5.41, 5.74) is 6.81. The van der Waals surface area contributed by atoms with Gasteiger partial charge in [0.1, 0.15) is 11.4 Å². The Morgan fingerprint density at radius 2 is 0.980 bits per heavy atom. The molecule has 0 aliphatic carbocycles. The van der Waals surface area contributed by atoms with Crippen molar-refractivity contribution in [2.45, 2.75) is 0 Å². The molecule has 2 heterocycles. The third kappa shape index (κ3) is 8.45. The van der Waals surface area contributed by atoms with Crippen molar-refractivity contribution < 1.29 is 39.6 Å². The number of aldehydes is 2. The van der Waals surface area contributed by atoms with Crippen LogP contribution in [0.5, 0.6) is 0 Å². The molecule has 6 rings (SSSR count). The molecule has 0 unspecified atom stereocenters. The molecule has 0 atom stereocenters. The second kappa shape index (κ2) is 17.0. The number of carboxylic acids is 2. The van der Waals surface area contributed by atoms with Gasteiger partial charge in [-0.2, -0.15) is 0 Å². The minimum atomic E-state index is -1.28. The zero-order valence-electron chi connectivity index (χ0n) is 27.0. The first-order chi connectivity index (χ1) is 24.3. The number of pyridine rings is 2. The van der Waals surface area contributed by atoms with Gasteiger partial charge in [-0.3, -0.25) is 9.59 Å². The molecule has 0 fully saturated rings. The van der Waals surface area contributed by atoms with Gasteiger partial charge in [-0.05, 0) is 69.8 Å². The van der Waals surface area contributed by atoms with Gasteiger partial charge in [0, 0.05) is 30.6 Å². The second-order valence-corrected chi connectivity index (χ2v) is 10.5. The number of aliphatic hydroxyl groups is 2. The van der Waals surface area contributed by atoms with E-state index in [0.717, 1.165) is 60.0 Å². The molecule has 250 valence electrons. The van der Waals surface area contributed by atoms with E-state index in [0.29, 0.717) is 33.7 Å². The maximum absolute atomic E-state index is 11.8. The van der Waals surface area contributed by atoms with Gasteiger partial charge in [0.2, 0.25) is 0 Å². The number of carboxylic acid groups (broad SMARTS) is 2. The lowest BCUT2D eigenvalue weighted by Gasteiger charge is -2.06. The van der Waals surface area contributed by atoms with Crippen LogP contribution in [0.1, 0.15) is 63.9 Å². The van der Waals surface area contributed by atoms with Crippen LogP contribution in [0.2, 0.25) is 0 Å². The molecule has 0 saturated carbocycles. The van der Waals surface area contributed by atoms with E-state index < -0.39 is 11.9 Å². The number of benzene rings is 4. The molecule has 4 aromatic carbocycles. The van der Waals surface area contributed by atoms with Crippen LogP contribution >= 0.6 is 0 Å². The number of fused-ring (bicyclic) bond motifs is 2. The zero-order chi connectivity index (χ0) is 36.2. The molecular weight excluding hydrogens is 636 g/mol. The fraction of sp³-hybridized carbons (Fsp3) is 0.0500. The molecule has 0 aliphatic heterocycles. The highest BCUT2D eigenvalue weighted by molar-refractivity contribution is 6.05. The highest BCUT2D eigenvalue weighted by Gasteiger charge is 2.15. The number of hydrogen-bond donors (Lipinski definition) is 4. The first-order valence-electron chi connectivity index (χ1n) is 15.0. The molecule has 0 aliphatic rings. The van der Waals surface area contributed by atoms with E-state index in [1.165, 1.54) is 6.07 Å². The normalized spacial score (nSPS) is 10.7. The van der Waals surface area contributed by atoms with E-state index in [2.05, 4.69) is 9.97 Å². The summed E-state index contributed by atoms with van der Waals surface area (Å²) < 4.78 is 0. The smallest absolute Gasteiger partial charge is 0.354 e. The highest BCUT2D eigenvalue weighted by atomic mass is 16.4. The molecule has 10 nitrogen and oxygen atoms in total. The molecule has 0 radical (unpaired) electrons. The van der Waals surface area contributed by atoms with Gasteiger partial charge in [0.25, 0.3) is 0 Å². The summed E-state index contributed by atoms with van der Waals surface area (Å²) in [6.45, 7) is 0. The lowest BCUT2D eigenvalue weighted by Crippen LogP contribution is -2.06. The Labute approximate surface area is 287 Å². The summed E-state index contributed by atoms with van der Waals surface area (Å²) in [4.78, 5) is 54.0. The van der Waals surface area contributed by atoms with Crippen molar-refractivity contribution in [3.05, 3.63) is 142 Å². The molecule has 0 saturated heterocycles. The van der Waals surface area contributed by atoms with Crippen molar-refractivity contribution in [1.29, 1.82) is 0 Å². The molecule has 50 heavy (non-hydrogen) atoms. The quantitative estimate of drug-likeness (QED) is 0.0925. The molecule has 4 N–H and O–H groups in total. The average molecular weight is 669 g/mol. The van der Waals surface area contributed by atoms with Crippen LogP contribution in [-0.4, -0.2) is 69.1 Å². The number of nitrogens with zero attached hydrogens (tertiary/aromatic N) is 2. The van der Waals surface area contributed by atoms with E-state index in [1.54, 1.807) is 24.3 Å². The number of aliphatic hydroxyl groups excluding tert-OH is 2. The van der Waals surface area contributed by atoms with E-state index in [-0.39, 0.29) is 17.0 Å². The van der Waals surface area contributed by atoms with Gasteiger partial charge in [-0.25, -0.2) is 19.6 Å². The second-order valence-electron chi connectivity index (χ2n) is 10.5. The predicted octanol–water partition coefficient (Wildman–Crippen LogP) is 7.03. The Morgan fingerprint density at radius 3 is 1.44 bits per heavy atom. The van der Waals surface area contributed by atoms with Crippen LogP contribution in [-0.2, 0) is 0 Å². The number of carbonyl (C=O) groups is 4. The number of rotatable bonds is 9. The standard InChI is InChI=1S/C38H24N2O6.2CH4O/c41-21-29-19-30(22-42)39-34-15-9-25(17-31(29)34)3-1-23-5-11-27(12-6-23)28-13-7-24(8-14-28)2-4-26-10-16-35-32(18-26)33(37(43)44)20-36(40-35)38(45)46;2*1-2/h1-22H,(H,43,44)(H,45,46);2*2H,1H3/b3-1+,4-2+;;. The first kappa shape index (κ1) is 36.2. The molecule has 10 heteroatoms. The Balaban J connectivity index is 0.00000136. The Kier molecular flexibility index (Phi) is 12.3. The van der Waals surface area contributed by atoms with Gasteiger partial charge in [0.15, 0.2) is 12.6 Å². The Hall–Kier alpha value is -6.62. The van der Waals surface area contributed by atoms with Crippen LogP contribution in [0, 0.1) is 0 Å². The molecule has 0 spiro atoms. The number of aromatic carboxylic acids is 2. The van der Waals surface area contributed by atoms with Crippen molar-refractivity contribution in [3.63, 3.8) is 0 Å². The van der Waals surface area contributed by atoms with Gasteiger partial charge < -0.3 is 20.4 Å². The largest absolute Gasteiger partial charge is 0.478 e. The Bertz CT molecular complexity index is 2240. The molecule has 0 bridgehead atoms. The van der Waals surface area contributed by atoms with Gasteiger partial charge in [-0.15, -0.1) is 0 Å². The minimum absolute atomic E-state index is 0.113. The van der Waals surface area contributed by atoms with Crippen LogP contribution in [0.25, 0.3) is 57.2 Å². The number of carbonyl (C=O) groups excluding carboxylic acids is 2. The van der Waals surface area contributed by atoms with Crippen molar-refractivity contribution in [2.24, 2.45) is 0 Å². The van der Waals surface area contributed by atoms with Gasteiger partial charge in [-0.1, -0.05) is 85.0 Å². The zero-order valence-corrected chi connectivity index (χ0v) is 27.0. The van der Waals surface area contributed by atoms with E-state index >= 15 is 0 Å². The van der Waals surface area contributed by atoms with E-state index in [9.17, 15) is 29.4 Å². The van der Waals surface area contributed by atoms with Gasteiger partial charge >= 0.3 is 11.9 Å². The summed E-state index contributed by atoms with van der Waals surface area (Å²) in [7, 11) is 2.00. The summed E-state index contributed by atoms with van der Waals surface area (Å²) in [6.07, 6.45) is 9.08. The van der Waals surface area contributed by atoms with Crippen molar-refractivity contribution >= 4 is 70.6 Å². The summed E-state index contributed by atoms with van der Waals surface area (Å²) in [5, 5.41) is 33.9. The number of aromatic nitrogens is 2. The SMILES string of the molecule is CO.CO.O=Cc1cc(C=O)c2cc(/C=C/c3ccc(-c4ccc(/C=C/c5ccc6nc(C(=O)O)cc(C(=O)O)c6c5)cc4)cc3)ccc2n1. The van der Waals surface area contributed by atoms with Crippen LogP contribution < -0.4 is 0 Å². The fourth-order valence-electron chi connectivity index (χ4n) is 5.14. The minimum Gasteiger partial charge on any atom is -0.478 e. The molecule has 6 aromatic rings. The maximum Gasteiger partial charge on any atom is 0.354 e. The van der Waals surface area contributed by atoms with Crippen LogP contribution in [0.3, 0.4) is 0 Å². The van der Waals surface area contributed by atoms with E-state index in [1.807, 2.05) is 85.0 Å². The maximum atomic E-state index is 11.8. The third-order valence-corrected chi connectivity index (χ3v) is 7.51. The van der Waals surface area contributed by atoms with Gasteiger partial charge in [0.05, 0.1) is 16.6 Å².